The van der Waals surface area contributed by atoms with Gasteiger partial charge in [-0.15, -0.1) is 0 Å². The monoisotopic (exact) mass is 412 g/mol. The van der Waals surface area contributed by atoms with Crippen molar-refractivity contribution in [1.29, 1.82) is 5.26 Å². The molecule has 0 radical (unpaired) electrons. The minimum Gasteiger partial charge on any atom is -0.494 e. The molecule has 5 heteroatoms. The zero-order valence-electron chi connectivity index (χ0n) is 18.4. The van der Waals surface area contributed by atoms with Gasteiger partial charge in [0.25, 0.3) is 0 Å². The highest BCUT2D eigenvalue weighted by Crippen LogP contribution is 2.34. The molecule has 5 nitrogen and oxygen atoms in total. The number of rotatable bonds is 8. The van der Waals surface area contributed by atoms with E-state index in [9.17, 15) is 5.26 Å². The number of aromatic nitrogens is 2. The molecule has 0 unspecified atom stereocenters. The Morgan fingerprint density at radius 2 is 1.84 bits per heavy atom. The van der Waals surface area contributed by atoms with Crippen molar-refractivity contribution in [2.75, 3.05) is 11.9 Å². The summed E-state index contributed by atoms with van der Waals surface area (Å²) < 4.78 is 7.70. The number of para-hydroxylation sites is 2. The Balaban J connectivity index is 1.93. The van der Waals surface area contributed by atoms with Crippen LogP contribution in [0.5, 0.6) is 5.75 Å². The maximum Gasteiger partial charge on any atom is 0.157 e. The topological polar surface area (TPSA) is 62.4 Å². The lowest BCUT2D eigenvalue weighted by Crippen LogP contribution is -2.08. The van der Waals surface area contributed by atoms with E-state index in [0.717, 1.165) is 59.5 Å². The van der Waals surface area contributed by atoms with Gasteiger partial charge in [0, 0.05) is 5.69 Å². The average Bonchev–Trinajstić information content (AvgIpc) is 3.16. The molecule has 2 heterocycles. The summed E-state index contributed by atoms with van der Waals surface area (Å²) in [4.78, 5) is 4.81. The van der Waals surface area contributed by atoms with E-state index in [1.54, 1.807) is 0 Å². The Morgan fingerprint density at radius 3 is 2.55 bits per heavy atom. The number of pyridine rings is 1. The Morgan fingerprint density at radius 1 is 1.06 bits per heavy atom. The molecular weight excluding hydrogens is 384 g/mol. The van der Waals surface area contributed by atoms with Crippen LogP contribution in [0.2, 0.25) is 0 Å². The Kier molecular flexibility index (Phi) is 6.08. The first kappa shape index (κ1) is 20.7. The van der Waals surface area contributed by atoms with E-state index in [0.29, 0.717) is 17.8 Å². The zero-order valence-corrected chi connectivity index (χ0v) is 18.4. The van der Waals surface area contributed by atoms with E-state index >= 15 is 0 Å². The van der Waals surface area contributed by atoms with Gasteiger partial charge in [0.2, 0.25) is 0 Å². The van der Waals surface area contributed by atoms with Gasteiger partial charge in [-0.2, -0.15) is 5.26 Å². The first-order chi connectivity index (χ1) is 15.2. The first-order valence-electron chi connectivity index (χ1n) is 11.0. The van der Waals surface area contributed by atoms with Gasteiger partial charge in [0.15, 0.2) is 5.65 Å². The molecule has 0 amide bonds. The minimum atomic E-state index is 0.644. The van der Waals surface area contributed by atoms with E-state index in [4.69, 9.17) is 9.72 Å². The molecule has 0 atom stereocenters. The lowest BCUT2D eigenvalue weighted by Gasteiger charge is -2.19. The number of anilines is 2. The van der Waals surface area contributed by atoms with Gasteiger partial charge >= 0.3 is 0 Å². The van der Waals surface area contributed by atoms with Crippen molar-refractivity contribution < 1.29 is 4.74 Å². The number of ether oxygens (including phenoxy) is 1. The summed E-state index contributed by atoms with van der Waals surface area (Å²) in [5.74, 6) is 1.84. The molecule has 31 heavy (non-hydrogen) atoms. The second-order valence-corrected chi connectivity index (χ2v) is 7.74. The van der Waals surface area contributed by atoms with Gasteiger partial charge in [-0.05, 0) is 74.2 Å². The van der Waals surface area contributed by atoms with Gasteiger partial charge in [-0.25, -0.2) is 4.98 Å². The summed E-state index contributed by atoms with van der Waals surface area (Å²) >= 11 is 0. The number of fused-ring (bicyclic) bond motifs is 3. The molecule has 0 spiro atoms. The summed E-state index contributed by atoms with van der Waals surface area (Å²) in [6.07, 6.45) is 4.31. The standard InChI is InChI=1S/C26H28N4O/c1-4-6-7-10-21-18(3)22(17-27)26-29-23-11-8-9-12-24(23)30(26)25(21)28-19-13-15-20(16-14-19)31-5-2/h8-9,11-16,28H,4-7,10H2,1-3H3. The highest BCUT2D eigenvalue weighted by atomic mass is 16.5. The van der Waals surface area contributed by atoms with Crippen LogP contribution < -0.4 is 10.1 Å². The number of nitriles is 1. The summed E-state index contributed by atoms with van der Waals surface area (Å²) in [6, 6.07) is 18.5. The normalized spacial score (nSPS) is 11.0. The Hall–Kier alpha value is -3.52. The fourth-order valence-corrected chi connectivity index (χ4v) is 4.11. The van der Waals surface area contributed by atoms with Crippen molar-refractivity contribution >= 4 is 28.2 Å². The van der Waals surface area contributed by atoms with Gasteiger partial charge < -0.3 is 10.1 Å². The van der Waals surface area contributed by atoms with Crippen molar-refractivity contribution in [3.63, 3.8) is 0 Å². The van der Waals surface area contributed by atoms with Crippen LogP contribution in [-0.4, -0.2) is 16.0 Å². The lowest BCUT2D eigenvalue weighted by atomic mass is 9.99. The highest BCUT2D eigenvalue weighted by molar-refractivity contribution is 5.87. The fourth-order valence-electron chi connectivity index (χ4n) is 4.11. The third-order valence-corrected chi connectivity index (χ3v) is 5.69. The van der Waals surface area contributed by atoms with E-state index in [-0.39, 0.29) is 0 Å². The third-order valence-electron chi connectivity index (χ3n) is 5.69. The second-order valence-electron chi connectivity index (χ2n) is 7.74. The van der Waals surface area contributed by atoms with Crippen LogP contribution in [-0.2, 0) is 6.42 Å². The summed E-state index contributed by atoms with van der Waals surface area (Å²) in [6.45, 7) is 6.88. The van der Waals surface area contributed by atoms with Crippen molar-refractivity contribution in [2.24, 2.45) is 0 Å². The Labute approximate surface area is 183 Å². The molecule has 0 aliphatic rings. The van der Waals surface area contributed by atoms with Crippen LogP contribution in [0.25, 0.3) is 16.7 Å². The fraction of sp³-hybridized carbons (Fsp3) is 0.308. The number of benzene rings is 2. The van der Waals surface area contributed by atoms with Gasteiger partial charge in [0.1, 0.15) is 17.6 Å². The molecule has 0 aliphatic carbocycles. The first-order valence-corrected chi connectivity index (χ1v) is 11.0. The van der Waals surface area contributed by atoms with Gasteiger partial charge in [0.05, 0.1) is 23.2 Å². The zero-order chi connectivity index (χ0) is 21.8. The van der Waals surface area contributed by atoms with Crippen molar-refractivity contribution in [3.8, 4) is 11.8 Å². The molecular formula is C26H28N4O. The molecule has 0 saturated carbocycles. The van der Waals surface area contributed by atoms with Crippen LogP contribution >= 0.6 is 0 Å². The van der Waals surface area contributed by atoms with Gasteiger partial charge in [-0.3, -0.25) is 4.40 Å². The molecule has 0 bridgehead atoms. The number of hydrogen-bond donors (Lipinski definition) is 1. The number of nitrogens with zero attached hydrogens (tertiary/aromatic N) is 3. The second kappa shape index (κ2) is 9.09. The number of unbranched alkanes of at least 4 members (excludes halogenated alkanes) is 2. The Bertz CT molecular complexity index is 1250. The maximum absolute atomic E-state index is 9.96. The smallest absolute Gasteiger partial charge is 0.157 e. The van der Waals surface area contributed by atoms with Crippen LogP contribution in [0, 0.1) is 18.3 Å². The molecule has 2 aromatic carbocycles. The third kappa shape index (κ3) is 3.94. The van der Waals surface area contributed by atoms with Crippen LogP contribution in [0.1, 0.15) is 49.8 Å². The number of imidazole rings is 1. The van der Waals surface area contributed by atoms with E-state index in [1.165, 1.54) is 5.56 Å². The largest absolute Gasteiger partial charge is 0.494 e. The minimum absolute atomic E-state index is 0.644. The van der Waals surface area contributed by atoms with Crippen LogP contribution in [0.15, 0.2) is 48.5 Å². The molecule has 158 valence electrons. The van der Waals surface area contributed by atoms with E-state index in [2.05, 4.69) is 28.8 Å². The van der Waals surface area contributed by atoms with Crippen molar-refractivity contribution in [1.82, 2.24) is 9.38 Å². The molecule has 2 aromatic heterocycles. The summed E-state index contributed by atoms with van der Waals surface area (Å²) in [5, 5.41) is 13.6. The molecule has 0 saturated heterocycles. The summed E-state index contributed by atoms with van der Waals surface area (Å²) in [7, 11) is 0. The van der Waals surface area contributed by atoms with Crippen LogP contribution in [0.4, 0.5) is 11.5 Å². The lowest BCUT2D eigenvalue weighted by molar-refractivity contribution is 0.340. The number of hydrogen-bond acceptors (Lipinski definition) is 4. The summed E-state index contributed by atoms with van der Waals surface area (Å²) in [5.41, 5.74) is 6.40. The van der Waals surface area contributed by atoms with Crippen LogP contribution in [0.3, 0.4) is 0 Å². The van der Waals surface area contributed by atoms with Gasteiger partial charge in [-0.1, -0.05) is 31.9 Å². The maximum atomic E-state index is 9.96. The highest BCUT2D eigenvalue weighted by Gasteiger charge is 2.20. The van der Waals surface area contributed by atoms with E-state index in [1.807, 2.05) is 56.3 Å². The predicted molar refractivity (Wildman–Crippen MR) is 126 cm³/mol. The molecule has 1 N–H and O–H groups in total. The molecule has 4 rings (SSSR count). The van der Waals surface area contributed by atoms with Crippen molar-refractivity contribution in [2.45, 2.75) is 46.5 Å². The average molecular weight is 413 g/mol. The van der Waals surface area contributed by atoms with E-state index < -0.39 is 0 Å². The predicted octanol–water partition coefficient (Wildman–Crippen LogP) is 6.54. The SMILES string of the molecule is CCCCCc1c(C)c(C#N)c2nc3ccccc3n2c1Nc1ccc(OCC)cc1. The molecule has 0 fully saturated rings. The van der Waals surface area contributed by atoms with Crippen molar-refractivity contribution in [3.05, 3.63) is 65.2 Å². The quantitative estimate of drug-likeness (QED) is 0.334. The number of nitrogens with one attached hydrogen (secondary N) is 1. The molecule has 4 aromatic rings. The molecule has 0 aliphatic heterocycles.